The van der Waals surface area contributed by atoms with E-state index in [9.17, 15) is 19.5 Å². The van der Waals surface area contributed by atoms with Gasteiger partial charge in [0.15, 0.2) is 0 Å². The lowest BCUT2D eigenvalue weighted by Crippen LogP contribution is -2.61. The highest BCUT2D eigenvalue weighted by atomic mass is 16.5. The number of hydrogen-bond acceptors (Lipinski definition) is 6. The zero-order chi connectivity index (χ0) is 21.8. The number of carbonyl (C=O) groups excluding carboxylic acids is 3. The molecule has 2 aliphatic heterocycles. The van der Waals surface area contributed by atoms with Gasteiger partial charge in [-0.1, -0.05) is 37.4 Å². The molecular formula is C22H24N2O6. The number of fused-ring (bicyclic) bond motifs is 1. The molecule has 0 radical (unpaired) electrons. The molecule has 0 unspecified atom stereocenters. The number of amides is 2. The minimum Gasteiger partial charge on any atom is -0.457 e. The summed E-state index contributed by atoms with van der Waals surface area (Å²) in [6, 6.07) is 6.57. The number of aliphatic hydroxyl groups is 1. The van der Waals surface area contributed by atoms with Crippen molar-refractivity contribution in [3.8, 4) is 0 Å². The van der Waals surface area contributed by atoms with Crippen molar-refractivity contribution in [2.45, 2.75) is 25.5 Å². The minimum absolute atomic E-state index is 0.0128. The number of anilines is 1. The summed E-state index contributed by atoms with van der Waals surface area (Å²) >= 11 is 0. The monoisotopic (exact) mass is 412 g/mol. The summed E-state index contributed by atoms with van der Waals surface area (Å²) < 4.78 is 10.1. The Morgan fingerprint density at radius 2 is 2.00 bits per heavy atom. The molecule has 3 atom stereocenters. The summed E-state index contributed by atoms with van der Waals surface area (Å²) in [5.41, 5.74) is 1.91. The Kier molecular flexibility index (Phi) is 6.37. The summed E-state index contributed by atoms with van der Waals surface area (Å²) in [5.74, 6) is -1.51. The standard InChI is InChI=1S/C22H24N2O6/c1-4-9-29-21(27)19-16(12-17-18(13(3)25)20(26)24(17)19)14-7-6-8-15(11-14)23-22(28)30-10-5-2/h4-8,11,13,17-18,25H,1-2,9-10,12H2,3H3,(H,23,28)/t13-,17-,18-/m1/s1. The van der Waals surface area contributed by atoms with Crippen LogP contribution in [0.3, 0.4) is 0 Å². The fourth-order valence-electron chi connectivity index (χ4n) is 3.79. The van der Waals surface area contributed by atoms with E-state index in [1.807, 2.05) is 0 Å². The van der Waals surface area contributed by atoms with E-state index in [1.54, 1.807) is 31.2 Å². The Balaban J connectivity index is 1.92. The first-order valence-corrected chi connectivity index (χ1v) is 9.56. The third-order valence-electron chi connectivity index (χ3n) is 5.04. The largest absolute Gasteiger partial charge is 0.457 e. The van der Waals surface area contributed by atoms with Gasteiger partial charge in [0.1, 0.15) is 18.9 Å². The van der Waals surface area contributed by atoms with Crippen molar-refractivity contribution in [1.82, 2.24) is 4.90 Å². The number of ether oxygens (including phenoxy) is 2. The van der Waals surface area contributed by atoms with Gasteiger partial charge in [0.2, 0.25) is 5.91 Å². The number of β-lactam (4-membered cyclic amide) rings is 1. The maximum atomic E-state index is 12.7. The smallest absolute Gasteiger partial charge is 0.411 e. The highest BCUT2D eigenvalue weighted by Gasteiger charge is 2.57. The average molecular weight is 412 g/mol. The van der Waals surface area contributed by atoms with Crippen LogP contribution >= 0.6 is 0 Å². The van der Waals surface area contributed by atoms with Gasteiger partial charge in [0, 0.05) is 5.69 Å². The van der Waals surface area contributed by atoms with Crippen LogP contribution in [0, 0.1) is 5.92 Å². The van der Waals surface area contributed by atoms with Gasteiger partial charge in [-0.3, -0.25) is 10.1 Å². The quantitative estimate of drug-likeness (QED) is 0.386. The maximum absolute atomic E-state index is 12.7. The first-order valence-electron chi connectivity index (χ1n) is 9.56. The predicted octanol–water partition coefficient (Wildman–Crippen LogP) is 2.47. The van der Waals surface area contributed by atoms with Crippen LogP contribution < -0.4 is 5.32 Å². The van der Waals surface area contributed by atoms with Gasteiger partial charge in [0.05, 0.1) is 18.1 Å². The molecular weight excluding hydrogens is 388 g/mol. The van der Waals surface area contributed by atoms with Gasteiger partial charge in [-0.15, -0.1) is 0 Å². The molecule has 2 heterocycles. The Labute approximate surface area is 174 Å². The molecule has 2 N–H and O–H groups in total. The van der Waals surface area contributed by atoms with Gasteiger partial charge in [-0.2, -0.15) is 0 Å². The van der Waals surface area contributed by atoms with Crippen LogP contribution in [-0.2, 0) is 19.1 Å². The van der Waals surface area contributed by atoms with E-state index in [0.29, 0.717) is 23.2 Å². The lowest BCUT2D eigenvalue weighted by molar-refractivity contribution is -0.162. The molecule has 0 aromatic heterocycles. The summed E-state index contributed by atoms with van der Waals surface area (Å²) in [4.78, 5) is 38.5. The van der Waals surface area contributed by atoms with E-state index in [-0.39, 0.29) is 30.9 Å². The van der Waals surface area contributed by atoms with Gasteiger partial charge >= 0.3 is 12.1 Å². The topological polar surface area (TPSA) is 105 Å². The number of nitrogens with one attached hydrogen (secondary N) is 1. The first-order chi connectivity index (χ1) is 14.4. The molecule has 0 bridgehead atoms. The molecule has 8 nitrogen and oxygen atoms in total. The normalized spacial score (nSPS) is 20.7. The number of nitrogens with zero attached hydrogens (tertiary/aromatic N) is 1. The summed E-state index contributed by atoms with van der Waals surface area (Å²) in [5, 5.41) is 12.6. The van der Waals surface area contributed by atoms with Crippen LogP contribution in [0.1, 0.15) is 18.9 Å². The maximum Gasteiger partial charge on any atom is 0.411 e. The molecule has 8 heteroatoms. The Hall–Kier alpha value is -3.39. The van der Waals surface area contributed by atoms with E-state index in [2.05, 4.69) is 18.5 Å². The highest BCUT2D eigenvalue weighted by Crippen LogP contribution is 2.47. The van der Waals surface area contributed by atoms with Crippen LogP contribution in [0.15, 0.2) is 55.3 Å². The molecule has 1 aromatic carbocycles. The molecule has 2 amide bonds. The van der Waals surface area contributed by atoms with Crippen molar-refractivity contribution in [3.05, 3.63) is 60.8 Å². The van der Waals surface area contributed by atoms with Gasteiger partial charge < -0.3 is 19.5 Å². The average Bonchev–Trinajstić information content (AvgIpc) is 3.05. The molecule has 30 heavy (non-hydrogen) atoms. The highest BCUT2D eigenvalue weighted by molar-refractivity contribution is 6.07. The van der Waals surface area contributed by atoms with Gasteiger partial charge in [0.25, 0.3) is 0 Å². The molecule has 0 saturated carbocycles. The molecule has 3 rings (SSSR count). The number of aliphatic hydroxyl groups excluding tert-OH is 1. The molecule has 1 fully saturated rings. The van der Waals surface area contributed by atoms with Crippen LogP contribution in [-0.4, -0.2) is 53.3 Å². The van der Waals surface area contributed by atoms with Crippen molar-refractivity contribution in [1.29, 1.82) is 0 Å². The van der Waals surface area contributed by atoms with Crippen LogP contribution in [0.4, 0.5) is 10.5 Å². The van der Waals surface area contributed by atoms with Crippen LogP contribution in [0.25, 0.3) is 5.57 Å². The predicted molar refractivity (Wildman–Crippen MR) is 110 cm³/mol. The fourth-order valence-corrected chi connectivity index (χ4v) is 3.79. The number of hydrogen-bond donors (Lipinski definition) is 2. The second-order valence-corrected chi connectivity index (χ2v) is 7.05. The molecule has 1 saturated heterocycles. The second-order valence-electron chi connectivity index (χ2n) is 7.05. The third-order valence-corrected chi connectivity index (χ3v) is 5.04. The summed E-state index contributed by atoms with van der Waals surface area (Å²) in [6.45, 7) is 8.67. The SMILES string of the molecule is C=CCOC(=O)Nc1cccc(C2=C(C(=O)OCC=C)N3C(=O)[C@H]([C@@H](C)O)[C@H]3C2)c1. The van der Waals surface area contributed by atoms with Crippen molar-refractivity contribution in [3.63, 3.8) is 0 Å². The van der Waals surface area contributed by atoms with Gasteiger partial charge in [-0.25, -0.2) is 9.59 Å². The first kappa shape index (κ1) is 21.3. The Morgan fingerprint density at radius 1 is 1.30 bits per heavy atom. The molecule has 0 spiro atoms. The number of esters is 1. The van der Waals surface area contributed by atoms with E-state index in [0.717, 1.165) is 0 Å². The third kappa shape index (κ3) is 3.99. The summed E-state index contributed by atoms with van der Waals surface area (Å²) in [7, 11) is 0. The number of benzene rings is 1. The molecule has 0 aliphatic carbocycles. The van der Waals surface area contributed by atoms with Crippen LogP contribution in [0.5, 0.6) is 0 Å². The van der Waals surface area contributed by atoms with Crippen molar-refractivity contribution < 1.29 is 29.0 Å². The van der Waals surface area contributed by atoms with Crippen LogP contribution in [0.2, 0.25) is 0 Å². The second kappa shape index (κ2) is 8.96. The van der Waals surface area contributed by atoms with E-state index in [4.69, 9.17) is 9.47 Å². The lowest BCUT2D eigenvalue weighted by atomic mass is 9.82. The number of rotatable bonds is 8. The van der Waals surface area contributed by atoms with Crippen molar-refractivity contribution in [2.24, 2.45) is 5.92 Å². The fraction of sp³-hybridized carbons (Fsp3) is 0.318. The zero-order valence-corrected chi connectivity index (χ0v) is 16.7. The van der Waals surface area contributed by atoms with E-state index in [1.165, 1.54) is 17.1 Å². The molecule has 1 aromatic rings. The Bertz CT molecular complexity index is 920. The van der Waals surface area contributed by atoms with Gasteiger partial charge in [-0.05, 0) is 36.6 Å². The zero-order valence-electron chi connectivity index (χ0n) is 16.7. The Morgan fingerprint density at radius 3 is 2.67 bits per heavy atom. The van der Waals surface area contributed by atoms with Crippen molar-refractivity contribution in [2.75, 3.05) is 18.5 Å². The van der Waals surface area contributed by atoms with Crippen molar-refractivity contribution >= 4 is 29.2 Å². The molecule has 2 aliphatic rings. The minimum atomic E-state index is -0.823. The lowest BCUT2D eigenvalue weighted by Gasteiger charge is -2.44. The summed E-state index contributed by atoms with van der Waals surface area (Å²) in [6.07, 6.45) is 1.84. The molecule has 158 valence electrons. The van der Waals surface area contributed by atoms with E-state index >= 15 is 0 Å². The van der Waals surface area contributed by atoms with E-state index < -0.39 is 24.1 Å². The number of carbonyl (C=O) groups is 3.